The molecule has 1 saturated heterocycles. The minimum absolute atomic E-state index is 0.00836. The van der Waals surface area contributed by atoms with E-state index in [9.17, 15) is 24.0 Å². The van der Waals surface area contributed by atoms with Gasteiger partial charge in [-0.15, -0.1) is 34.9 Å². The molecule has 4 N–H and O–H groups in total. The number of carbonyl (C=O) groups excluding carboxylic acids is 5. The number of aromatic nitrogens is 2. The van der Waals surface area contributed by atoms with Crippen LogP contribution in [0.15, 0.2) is 166 Å². The van der Waals surface area contributed by atoms with Gasteiger partial charge < -0.3 is 39.7 Å². The zero-order valence-corrected chi connectivity index (χ0v) is 45.0. The summed E-state index contributed by atoms with van der Waals surface area (Å²) in [4.78, 5) is 79.9. The number of alkyl carbamates (subject to hydrolysis) is 1. The molecule has 76 heavy (non-hydrogen) atoms. The largest absolute Gasteiger partial charge is 0.497 e. The first-order valence-corrected chi connectivity index (χ1v) is 26.9. The first-order valence-electron chi connectivity index (χ1n) is 24.0. The molecule has 2 aliphatic heterocycles. The summed E-state index contributed by atoms with van der Waals surface area (Å²) in [5, 5.41) is 14.8. The highest BCUT2D eigenvalue weighted by Crippen LogP contribution is 2.43. The molecule has 0 aliphatic carbocycles. The van der Waals surface area contributed by atoms with Crippen molar-refractivity contribution in [3.8, 4) is 5.75 Å². The van der Waals surface area contributed by atoms with E-state index in [4.69, 9.17) is 28.8 Å². The molecule has 8 rings (SSSR count). The fourth-order valence-corrected chi connectivity index (χ4v) is 11.5. The molecule has 4 heterocycles. The third-order valence-electron chi connectivity index (χ3n) is 12.0. The molecular formula is C55H57N8O10S3+. The lowest BCUT2D eigenvalue weighted by Crippen LogP contribution is -2.71. The van der Waals surface area contributed by atoms with Crippen LogP contribution in [0.4, 0.5) is 9.93 Å². The molecule has 4 aromatic carbocycles. The number of carbonyl (C=O) groups is 5. The topological polar surface area (TPSA) is 212 Å². The quantitative estimate of drug-likeness (QED) is 0.00836. The first kappa shape index (κ1) is 54.4. The number of esters is 2. The molecule has 18 nitrogen and oxygen atoms in total. The van der Waals surface area contributed by atoms with Gasteiger partial charge >= 0.3 is 18.0 Å². The van der Waals surface area contributed by atoms with Crippen LogP contribution in [0.25, 0.3) is 0 Å². The van der Waals surface area contributed by atoms with Crippen LogP contribution in [0.1, 0.15) is 48.7 Å². The molecule has 394 valence electrons. The van der Waals surface area contributed by atoms with Crippen LogP contribution in [-0.4, -0.2) is 108 Å². The Kier molecular flexibility index (Phi) is 17.6. The lowest BCUT2D eigenvalue weighted by molar-refractivity contribution is -0.650. The monoisotopic (exact) mass is 1090 g/mol. The Morgan fingerprint density at radius 1 is 0.855 bits per heavy atom. The number of rotatable bonds is 21. The van der Waals surface area contributed by atoms with Gasteiger partial charge in [0.2, 0.25) is 12.4 Å². The molecule has 2 aliphatic rings. The molecule has 0 unspecified atom stereocenters. The summed E-state index contributed by atoms with van der Waals surface area (Å²) in [5.41, 5.74) is 5.88. The number of nitrogens with one attached hydrogen (secondary N) is 4. The lowest BCUT2D eigenvalue weighted by Gasteiger charge is -2.49. The van der Waals surface area contributed by atoms with Crippen LogP contribution in [0, 0.1) is 0 Å². The van der Waals surface area contributed by atoms with Crippen molar-refractivity contribution < 1.29 is 52.4 Å². The van der Waals surface area contributed by atoms with Gasteiger partial charge in [-0.3, -0.25) is 14.5 Å². The Balaban J connectivity index is 0.982. The molecule has 1 fully saturated rings. The van der Waals surface area contributed by atoms with Crippen LogP contribution in [0.5, 0.6) is 5.75 Å². The van der Waals surface area contributed by atoms with Crippen LogP contribution in [0.2, 0.25) is 0 Å². The smallest absolute Gasteiger partial charge is 0.408 e. The number of nitrogens with zero attached hydrogens (tertiary/aromatic N) is 4. The number of anilines is 1. The minimum atomic E-state index is -1.04. The standard InChI is InChI=1S/C55H56N8O10S3/c1-54(2,3)73-53(68)58-42(50(66)70-5)30-56-62-28-26-41(27-29-62)74-32-36-33-75-49-45(48(65)63(49)46(36)51(67)72-31-35-22-24-40(69-4)25-23-35)59-47(64)44(61-71-6)43-34-76-52(57-43)60-55(37-16-10-7-11-17-37,38-18-12-8-13-19-38)39-20-14-9-15-21-39/h7-29,34,42,45,49,56H,30-33H2,1-6H3,(H2-,57,58,59,60,64,68)/p+1/b61-44-/t42-,45+,49+/m0/s1. The number of pyridine rings is 1. The predicted octanol–water partition coefficient (Wildman–Crippen LogP) is 6.99. The maximum absolute atomic E-state index is 14.3. The summed E-state index contributed by atoms with van der Waals surface area (Å²) in [6.07, 6.45) is 2.71. The SMILES string of the molecule is CO/N=C(\C(=O)N[C@@H]1C(=O)N2C(C(=O)OCc3ccc(OC)cc3)=C(CSc3cc[n+](NC[C@H](NC(=O)OC(C)(C)C)C(=O)OC)cc3)CS[C@H]12)c1csc(NC(c2ccccc2)(c2ccccc2)c2ccccc2)n1. The van der Waals surface area contributed by atoms with Crippen molar-refractivity contribution in [2.75, 3.05) is 50.1 Å². The molecule has 2 aromatic heterocycles. The number of fused-ring (bicyclic) bond motifs is 1. The lowest BCUT2D eigenvalue weighted by atomic mass is 9.77. The van der Waals surface area contributed by atoms with Gasteiger partial charge in [0.1, 0.15) is 60.0 Å². The predicted molar refractivity (Wildman–Crippen MR) is 290 cm³/mol. The highest BCUT2D eigenvalue weighted by Gasteiger charge is 2.55. The van der Waals surface area contributed by atoms with E-state index in [-0.39, 0.29) is 30.3 Å². The highest BCUT2D eigenvalue weighted by molar-refractivity contribution is 8.01. The van der Waals surface area contributed by atoms with E-state index in [1.165, 1.54) is 54.0 Å². The number of methoxy groups -OCH3 is 2. The summed E-state index contributed by atoms with van der Waals surface area (Å²) >= 11 is 4.14. The first-order chi connectivity index (χ1) is 36.7. The van der Waals surface area contributed by atoms with E-state index in [2.05, 4.69) is 62.9 Å². The van der Waals surface area contributed by atoms with E-state index in [1.54, 1.807) is 74.6 Å². The average Bonchev–Trinajstić information content (AvgIpc) is 3.91. The molecule has 0 saturated carbocycles. The van der Waals surface area contributed by atoms with E-state index >= 15 is 0 Å². The van der Waals surface area contributed by atoms with Crippen LogP contribution in [-0.2, 0) is 50.4 Å². The third kappa shape index (κ3) is 12.8. The molecule has 0 radical (unpaired) electrons. The zero-order valence-electron chi connectivity index (χ0n) is 42.5. The summed E-state index contributed by atoms with van der Waals surface area (Å²) in [6.45, 7) is 5.08. The molecule has 0 bridgehead atoms. The van der Waals surface area contributed by atoms with Crippen LogP contribution in [0.3, 0.4) is 0 Å². The molecule has 3 amide bonds. The van der Waals surface area contributed by atoms with Crippen LogP contribution < -0.4 is 30.8 Å². The summed E-state index contributed by atoms with van der Waals surface area (Å²) < 4.78 is 22.9. The molecule has 0 spiro atoms. The van der Waals surface area contributed by atoms with Crippen molar-refractivity contribution in [3.63, 3.8) is 0 Å². The van der Waals surface area contributed by atoms with Gasteiger partial charge in [0, 0.05) is 33.9 Å². The Morgan fingerprint density at radius 2 is 1.47 bits per heavy atom. The van der Waals surface area contributed by atoms with E-state index < -0.39 is 58.4 Å². The summed E-state index contributed by atoms with van der Waals surface area (Å²) in [5.74, 6) is -1.22. The number of thioether (sulfide) groups is 2. The Morgan fingerprint density at radius 3 is 2.04 bits per heavy atom. The summed E-state index contributed by atoms with van der Waals surface area (Å²) in [7, 11) is 4.12. The average molecular weight is 1090 g/mol. The maximum atomic E-state index is 14.3. The van der Waals surface area contributed by atoms with Gasteiger partial charge in [0.15, 0.2) is 16.9 Å². The number of ether oxygens (including phenoxy) is 4. The Hall–Kier alpha value is -7.88. The normalized spacial score (nSPS) is 15.8. The number of amides is 3. The van der Waals surface area contributed by atoms with Gasteiger partial charge in [-0.1, -0.05) is 113 Å². The third-order valence-corrected chi connectivity index (χ3v) is 15.2. The second-order valence-electron chi connectivity index (χ2n) is 18.2. The molecule has 6 aromatic rings. The van der Waals surface area contributed by atoms with Gasteiger partial charge in [-0.2, -0.15) is 5.43 Å². The van der Waals surface area contributed by atoms with Gasteiger partial charge in [0.25, 0.3) is 11.8 Å². The van der Waals surface area contributed by atoms with Crippen molar-refractivity contribution >= 4 is 75.6 Å². The molecular weight excluding hydrogens is 1030 g/mol. The molecule has 3 atom stereocenters. The van der Waals surface area contributed by atoms with Crippen molar-refractivity contribution in [2.45, 2.75) is 60.9 Å². The Labute approximate surface area is 452 Å². The minimum Gasteiger partial charge on any atom is -0.497 e. The van der Waals surface area contributed by atoms with Gasteiger partial charge in [-0.25, -0.2) is 19.4 Å². The number of thiazole rings is 1. The van der Waals surface area contributed by atoms with Crippen molar-refractivity contribution in [1.82, 2.24) is 20.5 Å². The second kappa shape index (κ2) is 24.6. The Bertz CT molecular complexity index is 2970. The maximum Gasteiger partial charge on any atom is 0.408 e. The van der Waals surface area contributed by atoms with Crippen molar-refractivity contribution in [1.29, 1.82) is 0 Å². The van der Waals surface area contributed by atoms with Gasteiger partial charge in [0.05, 0.1) is 14.2 Å². The zero-order chi connectivity index (χ0) is 53.8. The number of hydrogen-bond acceptors (Lipinski definition) is 17. The van der Waals surface area contributed by atoms with E-state index in [0.29, 0.717) is 33.5 Å². The number of β-lactam (4-membered cyclic amide) rings is 1. The van der Waals surface area contributed by atoms with E-state index in [0.717, 1.165) is 21.6 Å². The van der Waals surface area contributed by atoms with Crippen molar-refractivity contribution in [2.24, 2.45) is 5.16 Å². The number of oxime groups is 1. The molecule has 21 heteroatoms. The number of hydrogen-bond donors (Lipinski definition) is 4. The van der Waals surface area contributed by atoms with Gasteiger partial charge in [-0.05, 0) is 60.7 Å². The highest BCUT2D eigenvalue weighted by atomic mass is 32.2. The fraction of sp³-hybridized carbons (Fsp3) is 0.273. The fourth-order valence-electron chi connectivity index (χ4n) is 8.38. The summed E-state index contributed by atoms with van der Waals surface area (Å²) in [6, 6.07) is 38.8. The van der Waals surface area contributed by atoms with Crippen molar-refractivity contribution in [3.05, 3.63) is 184 Å². The number of benzene rings is 4. The van der Waals surface area contributed by atoms with Crippen LogP contribution >= 0.6 is 34.9 Å². The van der Waals surface area contributed by atoms with E-state index in [1.807, 2.05) is 66.7 Å². The second-order valence-corrected chi connectivity index (χ2v) is 21.2.